The monoisotopic (exact) mass is 274 g/mol. The van der Waals surface area contributed by atoms with Gasteiger partial charge in [0.25, 0.3) is 0 Å². The van der Waals surface area contributed by atoms with Gasteiger partial charge in [0.2, 0.25) is 5.91 Å². The van der Waals surface area contributed by atoms with Gasteiger partial charge >= 0.3 is 0 Å². The molecule has 0 aliphatic carbocycles. The summed E-state index contributed by atoms with van der Waals surface area (Å²) in [6.45, 7) is 5.43. The lowest BCUT2D eigenvalue weighted by atomic mass is 10.2. The van der Waals surface area contributed by atoms with Gasteiger partial charge in [0.05, 0.1) is 19.2 Å². The molecule has 1 unspecified atom stereocenters. The van der Waals surface area contributed by atoms with Crippen molar-refractivity contribution in [2.45, 2.75) is 26.4 Å². The number of rotatable bonds is 7. The van der Waals surface area contributed by atoms with Crippen molar-refractivity contribution in [3.05, 3.63) is 29.8 Å². The first-order chi connectivity index (χ1) is 9.58. The first-order valence-corrected chi connectivity index (χ1v) is 6.71. The van der Waals surface area contributed by atoms with Crippen LogP contribution < -0.4 is 10.1 Å². The summed E-state index contributed by atoms with van der Waals surface area (Å²) in [6.07, 6.45) is 5.13. The standard InChI is InChI=1S/C16H22N2O2/c1-5-11-17-16(19)13(3)18(4)12-14-7-9-15(10-8-14)20-6-2/h1,7-10,13H,6,11-12H2,2-4H3,(H,17,19). The van der Waals surface area contributed by atoms with Crippen LogP contribution in [0.1, 0.15) is 19.4 Å². The Kier molecular flexibility index (Phi) is 6.61. The molecule has 1 aromatic carbocycles. The van der Waals surface area contributed by atoms with Crippen LogP contribution in [0.2, 0.25) is 0 Å². The number of carbonyl (C=O) groups excluding carboxylic acids is 1. The van der Waals surface area contributed by atoms with Gasteiger partial charge in [-0.3, -0.25) is 9.69 Å². The van der Waals surface area contributed by atoms with E-state index < -0.39 is 0 Å². The minimum absolute atomic E-state index is 0.0589. The van der Waals surface area contributed by atoms with Crippen LogP contribution in [0.5, 0.6) is 5.75 Å². The van der Waals surface area contributed by atoms with Crippen molar-refractivity contribution in [3.63, 3.8) is 0 Å². The van der Waals surface area contributed by atoms with Crippen molar-refractivity contribution in [3.8, 4) is 18.1 Å². The molecule has 1 rings (SSSR count). The second kappa shape index (κ2) is 8.23. The zero-order valence-corrected chi connectivity index (χ0v) is 12.3. The topological polar surface area (TPSA) is 41.6 Å². The molecule has 108 valence electrons. The molecule has 1 aromatic rings. The van der Waals surface area contributed by atoms with Gasteiger partial charge in [0.15, 0.2) is 0 Å². The molecule has 0 radical (unpaired) electrons. The van der Waals surface area contributed by atoms with Gasteiger partial charge in [0, 0.05) is 6.54 Å². The molecule has 20 heavy (non-hydrogen) atoms. The van der Waals surface area contributed by atoms with Crippen LogP contribution in [0.3, 0.4) is 0 Å². The molecule has 1 atom stereocenters. The predicted octanol–water partition coefficient (Wildman–Crippen LogP) is 1.65. The van der Waals surface area contributed by atoms with Crippen LogP contribution in [0, 0.1) is 12.3 Å². The SMILES string of the molecule is C#CCNC(=O)C(C)N(C)Cc1ccc(OCC)cc1. The number of hydrogen-bond acceptors (Lipinski definition) is 3. The second-order valence-corrected chi connectivity index (χ2v) is 4.59. The van der Waals surface area contributed by atoms with Crippen LogP contribution in [0.25, 0.3) is 0 Å². The van der Waals surface area contributed by atoms with Gasteiger partial charge in [-0.2, -0.15) is 0 Å². The Bertz CT molecular complexity index is 462. The van der Waals surface area contributed by atoms with Crippen molar-refractivity contribution in [1.82, 2.24) is 10.2 Å². The summed E-state index contributed by atoms with van der Waals surface area (Å²) >= 11 is 0. The molecule has 0 saturated heterocycles. The van der Waals surface area contributed by atoms with Crippen LogP contribution in [-0.2, 0) is 11.3 Å². The van der Waals surface area contributed by atoms with Crippen LogP contribution in [0.15, 0.2) is 24.3 Å². The van der Waals surface area contributed by atoms with E-state index in [0.29, 0.717) is 13.2 Å². The fourth-order valence-corrected chi connectivity index (χ4v) is 1.77. The highest BCUT2D eigenvalue weighted by molar-refractivity contribution is 5.81. The molecule has 0 bridgehead atoms. The zero-order valence-electron chi connectivity index (χ0n) is 12.3. The molecule has 0 aliphatic heterocycles. The van der Waals surface area contributed by atoms with Crippen LogP contribution in [0.4, 0.5) is 0 Å². The number of carbonyl (C=O) groups is 1. The Morgan fingerprint density at radius 1 is 1.45 bits per heavy atom. The average molecular weight is 274 g/mol. The first-order valence-electron chi connectivity index (χ1n) is 6.71. The van der Waals surface area contributed by atoms with Gasteiger partial charge in [-0.1, -0.05) is 18.1 Å². The maximum Gasteiger partial charge on any atom is 0.237 e. The summed E-state index contributed by atoms with van der Waals surface area (Å²) in [7, 11) is 1.91. The van der Waals surface area contributed by atoms with E-state index in [2.05, 4.69) is 11.2 Å². The first kappa shape index (κ1) is 16.1. The van der Waals surface area contributed by atoms with E-state index in [1.165, 1.54) is 0 Å². The molecule has 0 aromatic heterocycles. The third kappa shape index (κ3) is 4.94. The van der Waals surface area contributed by atoms with Gasteiger partial charge in [-0.25, -0.2) is 0 Å². The molecule has 4 heteroatoms. The summed E-state index contributed by atoms with van der Waals surface area (Å²) < 4.78 is 5.40. The maximum absolute atomic E-state index is 11.8. The molecule has 4 nitrogen and oxygen atoms in total. The van der Waals surface area contributed by atoms with Gasteiger partial charge < -0.3 is 10.1 Å². The van der Waals surface area contributed by atoms with Gasteiger partial charge in [-0.05, 0) is 38.6 Å². The lowest BCUT2D eigenvalue weighted by molar-refractivity contribution is -0.125. The number of benzene rings is 1. The van der Waals surface area contributed by atoms with Crippen molar-refractivity contribution in [2.75, 3.05) is 20.2 Å². The van der Waals surface area contributed by atoms with Crippen molar-refractivity contribution < 1.29 is 9.53 Å². The number of nitrogens with one attached hydrogen (secondary N) is 1. The molecule has 0 fully saturated rings. The Labute approximate surface area is 121 Å². The number of amides is 1. The highest BCUT2D eigenvalue weighted by Crippen LogP contribution is 2.14. The van der Waals surface area contributed by atoms with E-state index in [1.807, 2.05) is 50.1 Å². The fraction of sp³-hybridized carbons (Fsp3) is 0.438. The van der Waals surface area contributed by atoms with E-state index in [9.17, 15) is 4.79 Å². The summed E-state index contributed by atoms with van der Waals surface area (Å²) in [5.74, 6) is 3.20. The lowest BCUT2D eigenvalue weighted by Crippen LogP contribution is -2.42. The van der Waals surface area contributed by atoms with Gasteiger partial charge in [0.1, 0.15) is 5.75 Å². The Balaban J connectivity index is 2.54. The molecule has 0 saturated carbocycles. The Morgan fingerprint density at radius 2 is 2.10 bits per heavy atom. The number of hydrogen-bond donors (Lipinski definition) is 1. The normalized spacial score (nSPS) is 11.8. The summed E-state index contributed by atoms with van der Waals surface area (Å²) in [5, 5.41) is 2.69. The quantitative estimate of drug-likeness (QED) is 0.769. The average Bonchev–Trinajstić information content (AvgIpc) is 2.46. The van der Waals surface area contributed by atoms with E-state index >= 15 is 0 Å². The van der Waals surface area contributed by atoms with Crippen molar-refractivity contribution in [2.24, 2.45) is 0 Å². The number of terminal acetylenes is 1. The van der Waals surface area contributed by atoms with Crippen LogP contribution in [-0.4, -0.2) is 37.0 Å². The van der Waals surface area contributed by atoms with Crippen LogP contribution >= 0.6 is 0 Å². The third-order valence-corrected chi connectivity index (χ3v) is 3.07. The summed E-state index contributed by atoms with van der Waals surface area (Å²) in [6, 6.07) is 7.67. The molecular weight excluding hydrogens is 252 g/mol. The fourth-order valence-electron chi connectivity index (χ4n) is 1.77. The van der Waals surface area contributed by atoms with Gasteiger partial charge in [-0.15, -0.1) is 6.42 Å². The molecule has 1 amide bonds. The highest BCUT2D eigenvalue weighted by atomic mass is 16.5. The summed E-state index contributed by atoms with van der Waals surface area (Å²) in [5.41, 5.74) is 1.13. The molecule has 0 spiro atoms. The Hall–Kier alpha value is -1.99. The molecular formula is C16H22N2O2. The third-order valence-electron chi connectivity index (χ3n) is 3.07. The van der Waals surface area contributed by atoms with E-state index in [0.717, 1.165) is 11.3 Å². The van der Waals surface area contributed by atoms with E-state index in [4.69, 9.17) is 11.2 Å². The molecule has 1 N–H and O–H groups in total. The Morgan fingerprint density at radius 3 is 2.65 bits per heavy atom. The minimum Gasteiger partial charge on any atom is -0.494 e. The lowest BCUT2D eigenvalue weighted by Gasteiger charge is -2.23. The highest BCUT2D eigenvalue weighted by Gasteiger charge is 2.17. The van der Waals surface area contributed by atoms with Crippen molar-refractivity contribution in [1.29, 1.82) is 0 Å². The number of nitrogens with zero attached hydrogens (tertiary/aromatic N) is 1. The maximum atomic E-state index is 11.8. The summed E-state index contributed by atoms with van der Waals surface area (Å²) in [4.78, 5) is 13.8. The zero-order chi connectivity index (χ0) is 15.0. The smallest absolute Gasteiger partial charge is 0.237 e. The largest absolute Gasteiger partial charge is 0.494 e. The number of likely N-dealkylation sites (N-methyl/N-ethyl adjacent to an activating group) is 1. The van der Waals surface area contributed by atoms with Crippen molar-refractivity contribution >= 4 is 5.91 Å². The predicted molar refractivity (Wildman–Crippen MR) is 80.4 cm³/mol. The minimum atomic E-state index is -0.227. The van der Waals surface area contributed by atoms with E-state index in [-0.39, 0.29) is 18.5 Å². The van der Waals surface area contributed by atoms with E-state index in [1.54, 1.807) is 0 Å². The second-order valence-electron chi connectivity index (χ2n) is 4.59. The molecule has 0 heterocycles. The number of ether oxygens (including phenoxy) is 1. The molecule has 0 aliphatic rings.